The number of pyridine rings is 1. The zero-order valence-corrected chi connectivity index (χ0v) is 19.7. The number of hydrogen-bond donors (Lipinski definition) is 1. The molecule has 3 rings (SSSR count). The van der Waals surface area contributed by atoms with Crippen molar-refractivity contribution in [3.8, 4) is 0 Å². The maximum atomic E-state index is 12.8. The molecule has 0 aliphatic carbocycles. The van der Waals surface area contributed by atoms with Gasteiger partial charge in [-0.25, -0.2) is 14.6 Å². The third-order valence-electron chi connectivity index (χ3n) is 5.11. The van der Waals surface area contributed by atoms with E-state index in [4.69, 9.17) is 9.47 Å². The summed E-state index contributed by atoms with van der Waals surface area (Å²) in [4.78, 5) is 46.5. The lowest BCUT2D eigenvalue weighted by Crippen LogP contribution is -2.48. The van der Waals surface area contributed by atoms with Gasteiger partial charge in [0.05, 0.1) is 18.7 Å². The van der Waals surface area contributed by atoms with Crippen LogP contribution >= 0.6 is 11.3 Å². The number of amides is 1. The smallest absolute Gasteiger partial charge is 0.348 e. The van der Waals surface area contributed by atoms with Crippen LogP contribution in [0.15, 0.2) is 37.1 Å². The van der Waals surface area contributed by atoms with Crippen LogP contribution in [0.5, 0.6) is 0 Å². The van der Waals surface area contributed by atoms with Crippen molar-refractivity contribution in [2.75, 3.05) is 56.2 Å². The predicted molar refractivity (Wildman–Crippen MR) is 127 cm³/mol. The lowest BCUT2D eigenvalue weighted by Gasteiger charge is -2.34. The van der Waals surface area contributed by atoms with E-state index in [0.717, 1.165) is 30.2 Å². The number of carbonyl (C=O) groups excluding carboxylic acids is 3. The van der Waals surface area contributed by atoms with Gasteiger partial charge in [0.2, 0.25) is 5.91 Å². The first-order chi connectivity index (χ1) is 15.9. The van der Waals surface area contributed by atoms with Gasteiger partial charge in [-0.15, -0.1) is 11.3 Å². The van der Waals surface area contributed by atoms with Crippen LogP contribution in [0.25, 0.3) is 0 Å². The Bertz CT molecular complexity index is 1000. The van der Waals surface area contributed by atoms with E-state index in [2.05, 4.69) is 21.8 Å². The van der Waals surface area contributed by atoms with Crippen molar-refractivity contribution in [2.24, 2.45) is 0 Å². The highest BCUT2D eigenvalue weighted by molar-refractivity contribution is 7.18. The van der Waals surface area contributed by atoms with E-state index in [1.807, 2.05) is 23.1 Å². The minimum atomic E-state index is -0.590. The van der Waals surface area contributed by atoms with E-state index in [9.17, 15) is 14.4 Å². The van der Waals surface area contributed by atoms with Crippen LogP contribution in [-0.4, -0.2) is 73.7 Å². The van der Waals surface area contributed by atoms with Crippen molar-refractivity contribution >= 4 is 40.0 Å². The van der Waals surface area contributed by atoms with Crippen LogP contribution < -0.4 is 10.2 Å². The fourth-order valence-corrected chi connectivity index (χ4v) is 4.60. The van der Waals surface area contributed by atoms with Crippen LogP contribution in [0.2, 0.25) is 0 Å². The quantitative estimate of drug-likeness (QED) is 0.439. The summed E-state index contributed by atoms with van der Waals surface area (Å²) in [6, 6.07) is 5.80. The van der Waals surface area contributed by atoms with Crippen LogP contribution in [0.1, 0.15) is 32.5 Å². The second-order valence-corrected chi connectivity index (χ2v) is 8.39. The summed E-state index contributed by atoms with van der Waals surface area (Å²) in [6.07, 6.45) is 3.23. The fraction of sp³-hybridized carbons (Fsp3) is 0.391. The maximum Gasteiger partial charge on any atom is 0.348 e. The third kappa shape index (κ3) is 6.17. The highest BCUT2D eigenvalue weighted by atomic mass is 32.1. The topological polar surface area (TPSA) is 101 Å². The maximum absolute atomic E-state index is 12.8. The molecule has 176 valence electrons. The van der Waals surface area contributed by atoms with Gasteiger partial charge in [0.25, 0.3) is 0 Å². The van der Waals surface area contributed by atoms with Gasteiger partial charge in [-0.2, -0.15) is 0 Å². The Morgan fingerprint density at radius 1 is 1.18 bits per heavy atom. The number of piperazine rings is 1. The first-order valence-corrected chi connectivity index (χ1v) is 11.5. The summed E-state index contributed by atoms with van der Waals surface area (Å²) in [5.41, 5.74) is 0.604. The molecule has 10 heteroatoms. The molecule has 0 radical (unpaired) electrons. The molecule has 9 nitrogen and oxygen atoms in total. The van der Waals surface area contributed by atoms with Gasteiger partial charge in [-0.05, 0) is 31.5 Å². The Balaban J connectivity index is 1.66. The van der Waals surface area contributed by atoms with Crippen molar-refractivity contribution < 1.29 is 23.9 Å². The molecule has 1 amide bonds. The standard InChI is InChI=1S/C23H28N4O5S/c1-4-14-32-23(30)20-16(3)19(22(29)31-5-2)21(33-20)25-18(28)15-26-10-12-27(13-11-26)17-8-6-7-9-24-17/h4,6-9H,1,5,10-15H2,2-3H3,(H,25,28). The minimum Gasteiger partial charge on any atom is -0.462 e. The first-order valence-electron chi connectivity index (χ1n) is 10.7. The van der Waals surface area contributed by atoms with E-state index < -0.39 is 11.9 Å². The molecule has 0 saturated carbocycles. The lowest BCUT2D eigenvalue weighted by atomic mass is 10.1. The lowest BCUT2D eigenvalue weighted by molar-refractivity contribution is -0.117. The molecule has 2 aromatic heterocycles. The Morgan fingerprint density at radius 2 is 1.94 bits per heavy atom. The van der Waals surface area contributed by atoms with E-state index in [1.165, 1.54) is 6.08 Å². The number of nitrogens with zero attached hydrogens (tertiary/aromatic N) is 3. The number of aromatic nitrogens is 1. The van der Waals surface area contributed by atoms with E-state index in [0.29, 0.717) is 18.7 Å². The Kier molecular flexibility index (Phi) is 8.56. The number of hydrogen-bond acceptors (Lipinski definition) is 9. The molecule has 1 aliphatic rings. The minimum absolute atomic E-state index is 0.0527. The number of nitrogens with one attached hydrogen (secondary N) is 1. The predicted octanol–water partition coefficient (Wildman–Crippen LogP) is 2.73. The molecule has 33 heavy (non-hydrogen) atoms. The highest BCUT2D eigenvalue weighted by Gasteiger charge is 2.28. The van der Waals surface area contributed by atoms with Crippen molar-refractivity contribution in [2.45, 2.75) is 13.8 Å². The van der Waals surface area contributed by atoms with E-state index >= 15 is 0 Å². The largest absolute Gasteiger partial charge is 0.462 e. The summed E-state index contributed by atoms with van der Waals surface area (Å²) in [5.74, 6) is -0.507. The first kappa shape index (κ1) is 24.4. The summed E-state index contributed by atoms with van der Waals surface area (Å²) in [7, 11) is 0. The van der Waals surface area contributed by atoms with Gasteiger partial charge in [-0.1, -0.05) is 18.7 Å². The zero-order chi connectivity index (χ0) is 23.8. The molecule has 3 heterocycles. The Morgan fingerprint density at radius 3 is 2.58 bits per heavy atom. The molecule has 0 unspecified atom stereocenters. The average Bonchev–Trinajstić information content (AvgIpc) is 3.14. The SMILES string of the molecule is C=CCOC(=O)c1sc(NC(=O)CN2CCN(c3ccccn3)CC2)c(C(=O)OCC)c1C. The average molecular weight is 473 g/mol. The van der Waals surface area contributed by atoms with Crippen molar-refractivity contribution in [3.05, 3.63) is 53.1 Å². The number of rotatable bonds is 9. The number of ether oxygens (including phenoxy) is 2. The number of anilines is 2. The summed E-state index contributed by atoms with van der Waals surface area (Å²) < 4.78 is 10.2. The van der Waals surface area contributed by atoms with Gasteiger partial charge in [0.1, 0.15) is 22.3 Å². The van der Waals surface area contributed by atoms with Crippen LogP contribution in [0.4, 0.5) is 10.8 Å². The molecule has 1 saturated heterocycles. The van der Waals surface area contributed by atoms with Gasteiger partial charge < -0.3 is 19.7 Å². The molecular formula is C23H28N4O5S. The number of esters is 2. The molecule has 1 aliphatic heterocycles. The molecule has 0 bridgehead atoms. The van der Waals surface area contributed by atoms with Gasteiger partial charge >= 0.3 is 11.9 Å². The van der Waals surface area contributed by atoms with E-state index in [-0.39, 0.29) is 41.1 Å². The van der Waals surface area contributed by atoms with Crippen LogP contribution in [-0.2, 0) is 14.3 Å². The molecule has 1 fully saturated rings. The Hall–Kier alpha value is -3.24. The Labute approximate surface area is 197 Å². The van der Waals surface area contributed by atoms with Gasteiger partial charge in [0, 0.05) is 32.4 Å². The van der Waals surface area contributed by atoms with Crippen LogP contribution in [0, 0.1) is 6.92 Å². The monoisotopic (exact) mass is 472 g/mol. The number of carbonyl (C=O) groups is 3. The van der Waals surface area contributed by atoms with Crippen molar-refractivity contribution in [1.82, 2.24) is 9.88 Å². The van der Waals surface area contributed by atoms with Crippen LogP contribution in [0.3, 0.4) is 0 Å². The molecule has 0 atom stereocenters. The molecule has 2 aromatic rings. The second kappa shape index (κ2) is 11.6. The molecule has 1 N–H and O–H groups in total. The second-order valence-electron chi connectivity index (χ2n) is 7.37. The zero-order valence-electron chi connectivity index (χ0n) is 18.8. The summed E-state index contributed by atoms with van der Waals surface area (Å²) >= 11 is 1.01. The van der Waals surface area contributed by atoms with Gasteiger partial charge in [0.15, 0.2) is 0 Å². The van der Waals surface area contributed by atoms with E-state index in [1.54, 1.807) is 20.0 Å². The normalized spacial score (nSPS) is 13.9. The fourth-order valence-electron chi connectivity index (χ4n) is 3.49. The third-order valence-corrected chi connectivity index (χ3v) is 6.30. The molecule has 0 aromatic carbocycles. The molecule has 0 spiro atoms. The van der Waals surface area contributed by atoms with Gasteiger partial charge in [-0.3, -0.25) is 9.69 Å². The number of thiophene rings is 1. The van der Waals surface area contributed by atoms with Crippen molar-refractivity contribution in [3.63, 3.8) is 0 Å². The summed E-state index contributed by atoms with van der Waals surface area (Å²) in [5, 5.41) is 3.08. The summed E-state index contributed by atoms with van der Waals surface area (Å²) in [6.45, 7) is 10.2. The highest BCUT2D eigenvalue weighted by Crippen LogP contribution is 2.34. The van der Waals surface area contributed by atoms with Crippen molar-refractivity contribution in [1.29, 1.82) is 0 Å². The molecular weight excluding hydrogens is 444 g/mol.